The molecule has 5 nitrogen and oxygen atoms in total. The molecule has 20 heavy (non-hydrogen) atoms. The molecule has 1 heterocycles. The van der Waals surface area contributed by atoms with Crippen LogP contribution in [-0.2, 0) is 0 Å². The van der Waals surface area contributed by atoms with Gasteiger partial charge in [-0.25, -0.2) is 9.78 Å². The molecule has 1 aromatic rings. The van der Waals surface area contributed by atoms with E-state index in [0.29, 0.717) is 11.2 Å². The number of aromatic nitrogens is 1. The lowest BCUT2D eigenvalue weighted by Gasteiger charge is -2.33. The first-order valence-corrected chi connectivity index (χ1v) is 7.88. The number of hydrogen-bond acceptors (Lipinski definition) is 5. The number of carboxylic acid groups (broad SMARTS) is 1. The van der Waals surface area contributed by atoms with Crippen LogP contribution in [0.15, 0.2) is 0 Å². The van der Waals surface area contributed by atoms with Crippen LogP contribution in [0.2, 0.25) is 0 Å². The van der Waals surface area contributed by atoms with Gasteiger partial charge in [0.1, 0.15) is 4.88 Å². The lowest BCUT2D eigenvalue weighted by Crippen LogP contribution is -2.36. The Bertz CT molecular complexity index is 475. The minimum Gasteiger partial charge on any atom is -0.476 e. The van der Waals surface area contributed by atoms with Gasteiger partial charge in [0.2, 0.25) is 0 Å². The molecule has 1 N–H and O–H groups in total. The van der Waals surface area contributed by atoms with E-state index in [1.54, 1.807) is 0 Å². The molecule has 0 bridgehead atoms. The number of hydrogen-bond donors (Lipinski definition) is 1. The molecule has 1 fully saturated rings. The molecule has 0 aromatic carbocycles. The molecule has 1 aromatic heterocycles. The minimum absolute atomic E-state index is 0.105. The fourth-order valence-corrected chi connectivity index (χ4v) is 3.85. The van der Waals surface area contributed by atoms with Crippen LogP contribution in [0, 0.1) is 0 Å². The van der Waals surface area contributed by atoms with E-state index in [4.69, 9.17) is 5.11 Å². The Morgan fingerprint density at radius 1 is 1.35 bits per heavy atom. The van der Waals surface area contributed by atoms with Gasteiger partial charge in [0, 0.05) is 19.5 Å². The zero-order chi connectivity index (χ0) is 14.7. The Morgan fingerprint density at radius 2 is 2.00 bits per heavy atom. The smallest absolute Gasteiger partial charge is 0.356 e. The summed E-state index contributed by atoms with van der Waals surface area (Å²) in [7, 11) is 0. The molecule has 0 aliphatic heterocycles. The molecule has 0 unspecified atom stereocenters. The SMILES string of the molecule is CCN(c1nc(C(=O)O)c(C(C)=O)s1)C1CCCCC1. The highest BCUT2D eigenvalue weighted by atomic mass is 32.1. The molecule has 0 amide bonds. The predicted octanol–water partition coefficient (Wildman–Crippen LogP) is 3.20. The summed E-state index contributed by atoms with van der Waals surface area (Å²) in [5, 5.41) is 9.83. The third kappa shape index (κ3) is 3.00. The molecule has 1 aliphatic rings. The van der Waals surface area contributed by atoms with Crippen LogP contribution in [0.5, 0.6) is 0 Å². The standard InChI is InChI=1S/C14H20N2O3S/c1-3-16(10-7-5-4-6-8-10)14-15-11(13(18)19)12(20-14)9(2)17/h10H,3-8H2,1-2H3,(H,18,19). The molecule has 0 saturated heterocycles. The van der Waals surface area contributed by atoms with Crippen LogP contribution in [0.3, 0.4) is 0 Å². The van der Waals surface area contributed by atoms with Crippen LogP contribution in [0.1, 0.15) is 66.1 Å². The van der Waals surface area contributed by atoms with Crippen molar-refractivity contribution < 1.29 is 14.7 Å². The van der Waals surface area contributed by atoms with E-state index >= 15 is 0 Å². The number of thiazole rings is 1. The topological polar surface area (TPSA) is 70.5 Å². The van der Waals surface area contributed by atoms with Crippen LogP contribution in [0.4, 0.5) is 5.13 Å². The number of rotatable bonds is 5. The first-order chi connectivity index (χ1) is 9.54. The average molecular weight is 296 g/mol. The summed E-state index contributed by atoms with van der Waals surface area (Å²) in [6.07, 6.45) is 5.91. The summed E-state index contributed by atoms with van der Waals surface area (Å²) in [5.41, 5.74) is -0.105. The quantitative estimate of drug-likeness (QED) is 0.845. The fourth-order valence-electron chi connectivity index (χ4n) is 2.76. The normalized spacial score (nSPS) is 16.1. The number of ketones is 1. The molecule has 6 heteroatoms. The van der Waals surface area contributed by atoms with Gasteiger partial charge >= 0.3 is 5.97 Å². The van der Waals surface area contributed by atoms with Crippen molar-refractivity contribution in [3.63, 3.8) is 0 Å². The largest absolute Gasteiger partial charge is 0.476 e. The summed E-state index contributed by atoms with van der Waals surface area (Å²) < 4.78 is 0. The van der Waals surface area contributed by atoms with Crippen molar-refractivity contribution >= 4 is 28.2 Å². The van der Waals surface area contributed by atoms with E-state index in [-0.39, 0.29) is 16.4 Å². The van der Waals surface area contributed by atoms with Gasteiger partial charge in [-0.15, -0.1) is 0 Å². The predicted molar refractivity (Wildman–Crippen MR) is 79.0 cm³/mol. The molecular formula is C14H20N2O3S. The fraction of sp³-hybridized carbons (Fsp3) is 0.643. The van der Waals surface area contributed by atoms with Gasteiger partial charge < -0.3 is 10.0 Å². The van der Waals surface area contributed by atoms with Crippen LogP contribution >= 0.6 is 11.3 Å². The second-order valence-corrected chi connectivity index (χ2v) is 6.09. The van der Waals surface area contributed by atoms with Crippen molar-refractivity contribution in [1.82, 2.24) is 4.98 Å². The Labute approximate surface area is 122 Å². The summed E-state index contributed by atoms with van der Waals surface area (Å²) >= 11 is 1.21. The molecule has 2 rings (SSSR count). The number of aromatic carboxylic acids is 1. The van der Waals surface area contributed by atoms with Gasteiger partial charge in [-0.05, 0) is 19.8 Å². The molecular weight excluding hydrogens is 276 g/mol. The van der Waals surface area contributed by atoms with Crippen molar-refractivity contribution in [3.8, 4) is 0 Å². The Balaban J connectivity index is 2.32. The Morgan fingerprint density at radius 3 is 2.45 bits per heavy atom. The number of Topliss-reactive ketones (excluding diaryl/α,β-unsaturated/α-hetero) is 1. The second-order valence-electron chi connectivity index (χ2n) is 5.11. The van der Waals surface area contributed by atoms with Crippen LogP contribution in [-0.4, -0.2) is 34.4 Å². The average Bonchev–Trinajstić information content (AvgIpc) is 2.86. The molecule has 1 aliphatic carbocycles. The zero-order valence-corrected chi connectivity index (χ0v) is 12.7. The summed E-state index contributed by atoms with van der Waals surface area (Å²) in [4.78, 5) is 29.4. The van der Waals surface area contributed by atoms with Crippen LogP contribution < -0.4 is 4.90 Å². The van der Waals surface area contributed by atoms with E-state index in [9.17, 15) is 9.59 Å². The number of carbonyl (C=O) groups excluding carboxylic acids is 1. The van der Waals surface area contributed by atoms with E-state index in [1.807, 2.05) is 6.92 Å². The van der Waals surface area contributed by atoms with Gasteiger partial charge in [-0.2, -0.15) is 0 Å². The van der Waals surface area contributed by atoms with E-state index < -0.39 is 5.97 Å². The van der Waals surface area contributed by atoms with Gasteiger partial charge in [-0.3, -0.25) is 4.79 Å². The first kappa shape index (κ1) is 15.0. The maximum absolute atomic E-state index is 11.6. The van der Waals surface area contributed by atoms with E-state index in [1.165, 1.54) is 37.5 Å². The molecule has 0 radical (unpaired) electrons. The van der Waals surface area contributed by atoms with Gasteiger partial charge in [0.15, 0.2) is 16.6 Å². The highest BCUT2D eigenvalue weighted by molar-refractivity contribution is 7.17. The summed E-state index contributed by atoms with van der Waals surface area (Å²) in [5.74, 6) is -1.36. The molecule has 1 saturated carbocycles. The highest BCUT2D eigenvalue weighted by Gasteiger charge is 2.27. The maximum atomic E-state index is 11.6. The van der Waals surface area contributed by atoms with Crippen molar-refractivity contribution in [3.05, 3.63) is 10.6 Å². The zero-order valence-electron chi connectivity index (χ0n) is 11.9. The van der Waals surface area contributed by atoms with Crippen molar-refractivity contribution in [1.29, 1.82) is 0 Å². The van der Waals surface area contributed by atoms with Crippen molar-refractivity contribution in [2.24, 2.45) is 0 Å². The first-order valence-electron chi connectivity index (χ1n) is 7.06. The van der Waals surface area contributed by atoms with Crippen molar-refractivity contribution in [2.45, 2.75) is 52.0 Å². The minimum atomic E-state index is -1.13. The lowest BCUT2D eigenvalue weighted by molar-refractivity contribution is 0.0687. The van der Waals surface area contributed by atoms with Crippen molar-refractivity contribution in [2.75, 3.05) is 11.4 Å². The molecule has 0 spiro atoms. The number of carboxylic acids is 1. The third-order valence-electron chi connectivity index (χ3n) is 3.74. The van der Waals surface area contributed by atoms with Gasteiger partial charge in [-0.1, -0.05) is 30.6 Å². The summed E-state index contributed by atoms with van der Waals surface area (Å²) in [6.45, 7) is 4.22. The third-order valence-corrected chi connectivity index (χ3v) is 4.93. The molecule has 0 atom stereocenters. The number of nitrogens with zero attached hydrogens (tertiary/aromatic N) is 2. The monoisotopic (exact) mass is 296 g/mol. The van der Waals surface area contributed by atoms with Crippen LogP contribution in [0.25, 0.3) is 0 Å². The number of carbonyl (C=O) groups is 2. The second kappa shape index (κ2) is 6.35. The Hall–Kier alpha value is -1.43. The maximum Gasteiger partial charge on any atom is 0.356 e. The van der Waals surface area contributed by atoms with E-state index in [0.717, 1.165) is 19.4 Å². The van der Waals surface area contributed by atoms with Gasteiger partial charge in [0.25, 0.3) is 0 Å². The number of anilines is 1. The lowest BCUT2D eigenvalue weighted by atomic mass is 9.94. The summed E-state index contributed by atoms with van der Waals surface area (Å²) in [6, 6.07) is 0.418. The molecule has 110 valence electrons. The van der Waals surface area contributed by atoms with E-state index in [2.05, 4.69) is 9.88 Å². The Kier molecular flexibility index (Phi) is 4.75. The highest BCUT2D eigenvalue weighted by Crippen LogP contribution is 2.32. The van der Waals surface area contributed by atoms with Gasteiger partial charge in [0.05, 0.1) is 0 Å².